The highest BCUT2D eigenvalue weighted by Crippen LogP contribution is 2.46. The van der Waals surface area contributed by atoms with Crippen LogP contribution in [0.4, 0.5) is 0 Å². The maximum absolute atomic E-state index is 2.59. The Balaban J connectivity index is 1.70. The molecule has 0 heterocycles. The standard InChI is InChI=1S/C24H44/c1-3-20-15-16-21-12-7-5-4-6-8-13-22(18-23(21)17-20)24-14-10-9-11-19(24)2/h19-24H,3-18H2,1-2H3. The highest BCUT2D eigenvalue weighted by atomic mass is 14.4. The van der Waals surface area contributed by atoms with E-state index in [-0.39, 0.29) is 0 Å². The molecule has 3 aliphatic rings. The molecule has 140 valence electrons. The van der Waals surface area contributed by atoms with Gasteiger partial charge in [-0.15, -0.1) is 0 Å². The lowest BCUT2D eigenvalue weighted by Crippen LogP contribution is -2.31. The Kier molecular flexibility index (Phi) is 7.54. The van der Waals surface area contributed by atoms with E-state index in [0.29, 0.717) is 0 Å². The second kappa shape index (κ2) is 9.63. The molecule has 6 atom stereocenters. The Hall–Kier alpha value is 0. The van der Waals surface area contributed by atoms with Crippen LogP contribution in [0.5, 0.6) is 0 Å². The molecule has 3 fully saturated rings. The minimum atomic E-state index is 1.01. The fourth-order valence-corrected chi connectivity index (χ4v) is 6.75. The maximum Gasteiger partial charge on any atom is -0.0360 e. The van der Waals surface area contributed by atoms with Crippen LogP contribution in [-0.4, -0.2) is 0 Å². The molecular formula is C24H44. The molecule has 3 saturated carbocycles. The Bertz CT molecular complexity index is 346. The van der Waals surface area contributed by atoms with E-state index in [1.807, 2.05) is 0 Å². The normalized spacial score (nSPS) is 42.8. The van der Waals surface area contributed by atoms with Crippen LogP contribution in [0.3, 0.4) is 0 Å². The van der Waals surface area contributed by atoms with Gasteiger partial charge in [0.15, 0.2) is 0 Å². The van der Waals surface area contributed by atoms with Crippen LogP contribution < -0.4 is 0 Å². The summed E-state index contributed by atoms with van der Waals surface area (Å²) in [5.74, 6) is 6.38. The molecule has 0 heteroatoms. The predicted molar refractivity (Wildman–Crippen MR) is 106 cm³/mol. The summed E-state index contributed by atoms with van der Waals surface area (Å²) in [4.78, 5) is 0. The molecule has 0 N–H and O–H groups in total. The van der Waals surface area contributed by atoms with Crippen LogP contribution in [0.1, 0.15) is 117 Å². The second-order valence-corrected chi connectivity index (χ2v) is 9.87. The summed E-state index contributed by atoms with van der Waals surface area (Å²) >= 11 is 0. The van der Waals surface area contributed by atoms with Gasteiger partial charge in [0.25, 0.3) is 0 Å². The first kappa shape index (κ1) is 18.8. The lowest BCUT2D eigenvalue weighted by atomic mass is 9.64. The van der Waals surface area contributed by atoms with Crippen LogP contribution in [-0.2, 0) is 0 Å². The van der Waals surface area contributed by atoms with Crippen molar-refractivity contribution < 1.29 is 0 Å². The third kappa shape index (κ3) is 5.01. The summed E-state index contributed by atoms with van der Waals surface area (Å²) in [6.45, 7) is 5.03. The van der Waals surface area contributed by atoms with Crippen molar-refractivity contribution in [2.75, 3.05) is 0 Å². The number of hydrogen-bond donors (Lipinski definition) is 0. The highest BCUT2D eigenvalue weighted by Gasteiger charge is 2.35. The van der Waals surface area contributed by atoms with Crippen molar-refractivity contribution in [3.63, 3.8) is 0 Å². The van der Waals surface area contributed by atoms with Crippen molar-refractivity contribution in [1.82, 2.24) is 0 Å². The third-order valence-electron chi connectivity index (χ3n) is 8.36. The molecule has 0 nitrogen and oxygen atoms in total. The van der Waals surface area contributed by atoms with Gasteiger partial charge in [-0.05, 0) is 61.2 Å². The monoisotopic (exact) mass is 332 g/mol. The van der Waals surface area contributed by atoms with Crippen molar-refractivity contribution in [2.24, 2.45) is 35.5 Å². The van der Waals surface area contributed by atoms with Crippen LogP contribution >= 0.6 is 0 Å². The molecule has 0 saturated heterocycles. The van der Waals surface area contributed by atoms with Gasteiger partial charge in [0.1, 0.15) is 0 Å². The molecule has 0 aromatic rings. The molecule has 3 aliphatic carbocycles. The van der Waals surface area contributed by atoms with E-state index < -0.39 is 0 Å². The van der Waals surface area contributed by atoms with E-state index in [1.165, 1.54) is 57.8 Å². The van der Waals surface area contributed by atoms with E-state index in [4.69, 9.17) is 0 Å². The fraction of sp³-hybridized carbons (Fsp3) is 1.00. The largest absolute Gasteiger partial charge is 0.0651 e. The van der Waals surface area contributed by atoms with Crippen LogP contribution in [0.15, 0.2) is 0 Å². The summed E-state index contributed by atoms with van der Waals surface area (Å²) in [6.07, 6.45) is 24.6. The lowest BCUT2D eigenvalue weighted by molar-refractivity contribution is 0.0892. The van der Waals surface area contributed by atoms with Crippen LogP contribution in [0.25, 0.3) is 0 Å². The van der Waals surface area contributed by atoms with Crippen molar-refractivity contribution in [3.8, 4) is 0 Å². The predicted octanol–water partition coefficient (Wildman–Crippen LogP) is 8.01. The zero-order valence-corrected chi connectivity index (χ0v) is 16.8. The van der Waals surface area contributed by atoms with Gasteiger partial charge in [0, 0.05) is 0 Å². The average Bonchev–Trinajstić information content (AvgIpc) is 2.65. The molecule has 6 unspecified atom stereocenters. The van der Waals surface area contributed by atoms with Gasteiger partial charge in [-0.3, -0.25) is 0 Å². The number of fused-ring (bicyclic) bond motifs is 1. The van der Waals surface area contributed by atoms with E-state index in [9.17, 15) is 0 Å². The quantitative estimate of drug-likeness (QED) is 0.480. The maximum atomic E-state index is 2.59. The molecule has 0 aliphatic heterocycles. The first-order chi connectivity index (χ1) is 11.8. The zero-order chi connectivity index (χ0) is 16.8. The Labute approximate surface area is 152 Å². The van der Waals surface area contributed by atoms with Gasteiger partial charge in [0.05, 0.1) is 0 Å². The van der Waals surface area contributed by atoms with Gasteiger partial charge in [-0.25, -0.2) is 0 Å². The Morgan fingerprint density at radius 2 is 1.25 bits per heavy atom. The van der Waals surface area contributed by atoms with Gasteiger partial charge in [0.2, 0.25) is 0 Å². The number of rotatable bonds is 2. The summed E-state index contributed by atoms with van der Waals surface area (Å²) in [5, 5.41) is 0. The second-order valence-electron chi connectivity index (χ2n) is 9.87. The third-order valence-corrected chi connectivity index (χ3v) is 8.36. The van der Waals surface area contributed by atoms with Crippen molar-refractivity contribution in [3.05, 3.63) is 0 Å². The van der Waals surface area contributed by atoms with Gasteiger partial charge in [-0.1, -0.05) is 90.9 Å². The zero-order valence-electron chi connectivity index (χ0n) is 16.8. The van der Waals surface area contributed by atoms with Gasteiger partial charge in [-0.2, -0.15) is 0 Å². The first-order valence-corrected chi connectivity index (χ1v) is 11.8. The molecule has 0 radical (unpaired) electrons. The molecule has 0 aromatic heterocycles. The van der Waals surface area contributed by atoms with Crippen molar-refractivity contribution in [2.45, 2.75) is 117 Å². The molecule has 0 bridgehead atoms. The summed E-state index contributed by atoms with van der Waals surface area (Å²) < 4.78 is 0. The van der Waals surface area contributed by atoms with E-state index in [2.05, 4.69) is 13.8 Å². The minimum Gasteiger partial charge on any atom is -0.0651 e. The Morgan fingerprint density at radius 1 is 0.583 bits per heavy atom. The van der Waals surface area contributed by atoms with Gasteiger partial charge < -0.3 is 0 Å². The van der Waals surface area contributed by atoms with Crippen LogP contribution in [0, 0.1) is 35.5 Å². The Morgan fingerprint density at radius 3 is 2.00 bits per heavy atom. The van der Waals surface area contributed by atoms with E-state index >= 15 is 0 Å². The fourth-order valence-electron chi connectivity index (χ4n) is 6.75. The minimum absolute atomic E-state index is 1.01. The van der Waals surface area contributed by atoms with Crippen LogP contribution in [0.2, 0.25) is 0 Å². The summed E-state index contributed by atoms with van der Waals surface area (Å²) in [5.41, 5.74) is 0. The van der Waals surface area contributed by atoms with Crippen molar-refractivity contribution in [1.29, 1.82) is 0 Å². The molecule has 0 amide bonds. The molecule has 0 spiro atoms. The average molecular weight is 333 g/mol. The summed E-state index contributed by atoms with van der Waals surface area (Å²) in [7, 11) is 0. The summed E-state index contributed by atoms with van der Waals surface area (Å²) in [6, 6.07) is 0. The highest BCUT2D eigenvalue weighted by molar-refractivity contribution is 4.86. The number of hydrogen-bond acceptors (Lipinski definition) is 0. The SMILES string of the molecule is CCC1CCC2CCCCCCCC(C3CCCCC3C)CC2C1. The molecule has 3 rings (SSSR count). The topological polar surface area (TPSA) is 0 Å². The first-order valence-electron chi connectivity index (χ1n) is 11.8. The van der Waals surface area contributed by atoms with E-state index in [0.717, 1.165) is 35.5 Å². The molecule has 0 aromatic carbocycles. The van der Waals surface area contributed by atoms with Crippen molar-refractivity contribution >= 4 is 0 Å². The molecular weight excluding hydrogens is 288 g/mol. The van der Waals surface area contributed by atoms with Gasteiger partial charge >= 0.3 is 0 Å². The lowest BCUT2D eigenvalue weighted by Gasteiger charge is -2.42. The molecule has 24 heavy (non-hydrogen) atoms. The smallest absolute Gasteiger partial charge is 0.0360 e. The van der Waals surface area contributed by atoms with E-state index in [1.54, 1.807) is 44.9 Å².